The maximum Gasteiger partial charge on any atom is 0.0631 e. The van der Waals surface area contributed by atoms with E-state index in [-0.39, 0.29) is 5.60 Å². The van der Waals surface area contributed by atoms with Crippen LogP contribution >= 0.6 is 15.9 Å². The molecule has 2 aliphatic rings. The Morgan fingerprint density at radius 2 is 2.07 bits per heavy atom. The lowest BCUT2D eigenvalue weighted by Gasteiger charge is -2.19. The molecule has 0 radical (unpaired) electrons. The SMILES string of the molecule is CC1(C)CCC(CCC(Br)C2CC2)O1. The molecule has 14 heavy (non-hydrogen) atoms. The highest BCUT2D eigenvalue weighted by Crippen LogP contribution is 2.40. The molecule has 0 aromatic rings. The van der Waals surface area contributed by atoms with Crippen molar-refractivity contribution in [2.24, 2.45) is 5.92 Å². The van der Waals surface area contributed by atoms with E-state index >= 15 is 0 Å². The third-order valence-electron chi connectivity index (χ3n) is 3.45. The summed E-state index contributed by atoms with van der Waals surface area (Å²) in [7, 11) is 0. The van der Waals surface area contributed by atoms with Crippen molar-refractivity contribution in [1.29, 1.82) is 0 Å². The van der Waals surface area contributed by atoms with Crippen molar-refractivity contribution in [3.63, 3.8) is 0 Å². The zero-order chi connectivity index (χ0) is 10.2. The molecule has 2 fully saturated rings. The molecule has 2 rings (SSSR count). The molecule has 1 heterocycles. The molecule has 1 aliphatic heterocycles. The van der Waals surface area contributed by atoms with Crippen LogP contribution in [-0.2, 0) is 4.74 Å². The average molecular weight is 261 g/mol. The zero-order valence-corrected chi connectivity index (χ0v) is 10.8. The molecule has 0 N–H and O–H groups in total. The Labute approximate surface area is 95.7 Å². The second-order valence-corrected chi connectivity index (χ2v) is 6.65. The molecule has 0 aromatic heterocycles. The number of rotatable bonds is 4. The van der Waals surface area contributed by atoms with Gasteiger partial charge in [-0.2, -0.15) is 0 Å². The molecule has 0 amide bonds. The van der Waals surface area contributed by atoms with Gasteiger partial charge in [-0.15, -0.1) is 0 Å². The number of alkyl halides is 1. The Hall–Kier alpha value is 0.440. The summed E-state index contributed by atoms with van der Waals surface area (Å²) in [4.78, 5) is 0.759. The fourth-order valence-corrected chi connectivity index (χ4v) is 3.11. The van der Waals surface area contributed by atoms with Crippen molar-refractivity contribution in [3.8, 4) is 0 Å². The molecule has 1 nitrogen and oxygen atoms in total. The van der Waals surface area contributed by atoms with E-state index in [0.717, 1.165) is 10.7 Å². The summed E-state index contributed by atoms with van der Waals surface area (Å²) in [5, 5.41) is 0. The molecule has 2 unspecified atom stereocenters. The van der Waals surface area contributed by atoms with E-state index in [4.69, 9.17) is 4.74 Å². The quantitative estimate of drug-likeness (QED) is 0.697. The zero-order valence-electron chi connectivity index (χ0n) is 9.26. The highest BCUT2D eigenvalue weighted by Gasteiger charge is 2.33. The molecule has 1 saturated heterocycles. The van der Waals surface area contributed by atoms with E-state index < -0.39 is 0 Å². The second kappa shape index (κ2) is 4.13. The molecule has 82 valence electrons. The minimum absolute atomic E-state index is 0.145. The first-order valence-corrected chi connectivity index (χ1v) is 6.80. The Balaban J connectivity index is 1.66. The summed E-state index contributed by atoms with van der Waals surface area (Å²) in [6.45, 7) is 4.42. The molecular formula is C12H21BrO. The summed E-state index contributed by atoms with van der Waals surface area (Å²) in [6.07, 6.45) is 8.44. The largest absolute Gasteiger partial charge is 0.372 e. The normalized spacial score (nSPS) is 33.2. The van der Waals surface area contributed by atoms with Crippen molar-refractivity contribution in [2.45, 2.75) is 68.9 Å². The third-order valence-corrected chi connectivity index (χ3v) is 4.66. The van der Waals surface area contributed by atoms with Gasteiger partial charge in [0.1, 0.15) is 0 Å². The van der Waals surface area contributed by atoms with Gasteiger partial charge in [-0.3, -0.25) is 0 Å². The fraction of sp³-hybridized carbons (Fsp3) is 1.00. The van der Waals surface area contributed by atoms with Gasteiger partial charge in [0.25, 0.3) is 0 Å². The van der Waals surface area contributed by atoms with Crippen molar-refractivity contribution < 1.29 is 4.74 Å². The lowest BCUT2D eigenvalue weighted by atomic mass is 10.0. The van der Waals surface area contributed by atoms with E-state index in [1.807, 2.05) is 0 Å². The van der Waals surface area contributed by atoms with Crippen LogP contribution in [-0.4, -0.2) is 16.5 Å². The molecule has 2 atom stereocenters. The standard InChI is InChI=1S/C12H21BrO/c1-12(2)8-7-10(14-12)5-6-11(13)9-3-4-9/h9-11H,3-8H2,1-2H3. The maximum atomic E-state index is 5.98. The van der Waals surface area contributed by atoms with Crippen LogP contribution in [0.15, 0.2) is 0 Å². The van der Waals surface area contributed by atoms with Crippen LogP contribution < -0.4 is 0 Å². The van der Waals surface area contributed by atoms with Gasteiger partial charge in [-0.1, -0.05) is 15.9 Å². The summed E-state index contributed by atoms with van der Waals surface area (Å²) in [6, 6.07) is 0. The Bertz CT molecular complexity index is 198. The summed E-state index contributed by atoms with van der Waals surface area (Å²) in [5.41, 5.74) is 0.145. The predicted molar refractivity (Wildman–Crippen MR) is 62.9 cm³/mol. The van der Waals surface area contributed by atoms with Gasteiger partial charge in [0, 0.05) is 4.83 Å². The average Bonchev–Trinajstić information content (AvgIpc) is 2.88. The first-order chi connectivity index (χ1) is 6.57. The van der Waals surface area contributed by atoms with E-state index in [1.165, 1.54) is 38.5 Å². The van der Waals surface area contributed by atoms with Crippen LogP contribution in [0.3, 0.4) is 0 Å². The molecule has 1 saturated carbocycles. The Morgan fingerprint density at radius 3 is 2.57 bits per heavy atom. The van der Waals surface area contributed by atoms with Gasteiger partial charge >= 0.3 is 0 Å². The molecule has 0 spiro atoms. The highest BCUT2D eigenvalue weighted by atomic mass is 79.9. The number of hydrogen-bond donors (Lipinski definition) is 0. The minimum Gasteiger partial charge on any atom is -0.372 e. The van der Waals surface area contributed by atoms with Crippen LogP contribution in [0.25, 0.3) is 0 Å². The van der Waals surface area contributed by atoms with E-state index in [0.29, 0.717) is 6.10 Å². The van der Waals surface area contributed by atoms with Crippen molar-refractivity contribution >= 4 is 15.9 Å². The lowest BCUT2D eigenvalue weighted by Crippen LogP contribution is -2.20. The van der Waals surface area contributed by atoms with Gasteiger partial charge in [-0.25, -0.2) is 0 Å². The van der Waals surface area contributed by atoms with Crippen LogP contribution in [0.2, 0.25) is 0 Å². The molecule has 0 bridgehead atoms. The summed E-state index contributed by atoms with van der Waals surface area (Å²) >= 11 is 3.78. The van der Waals surface area contributed by atoms with Gasteiger partial charge in [-0.05, 0) is 58.3 Å². The fourth-order valence-electron chi connectivity index (χ4n) is 2.32. The molecule has 1 aliphatic carbocycles. The summed E-state index contributed by atoms with van der Waals surface area (Å²) in [5.74, 6) is 0.976. The Morgan fingerprint density at radius 1 is 1.36 bits per heavy atom. The van der Waals surface area contributed by atoms with E-state index in [1.54, 1.807) is 0 Å². The van der Waals surface area contributed by atoms with Crippen molar-refractivity contribution in [1.82, 2.24) is 0 Å². The van der Waals surface area contributed by atoms with Crippen LogP contribution in [0.5, 0.6) is 0 Å². The van der Waals surface area contributed by atoms with Gasteiger partial charge in [0.15, 0.2) is 0 Å². The topological polar surface area (TPSA) is 9.23 Å². The third kappa shape index (κ3) is 2.96. The van der Waals surface area contributed by atoms with E-state index in [9.17, 15) is 0 Å². The smallest absolute Gasteiger partial charge is 0.0631 e. The van der Waals surface area contributed by atoms with Crippen LogP contribution in [0.4, 0.5) is 0 Å². The lowest BCUT2D eigenvalue weighted by molar-refractivity contribution is -0.0189. The van der Waals surface area contributed by atoms with Crippen LogP contribution in [0, 0.1) is 5.92 Å². The Kier molecular flexibility index (Phi) is 3.23. The first kappa shape index (κ1) is 10.9. The van der Waals surface area contributed by atoms with E-state index in [2.05, 4.69) is 29.8 Å². The van der Waals surface area contributed by atoms with Gasteiger partial charge in [0.2, 0.25) is 0 Å². The number of halogens is 1. The van der Waals surface area contributed by atoms with Crippen LogP contribution in [0.1, 0.15) is 52.4 Å². The molecule has 2 heteroatoms. The molecular weight excluding hydrogens is 240 g/mol. The number of hydrogen-bond acceptors (Lipinski definition) is 1. The summed E-state index contributed by atoms with van der Waals surface area (Å²) < 4.78 is 5.98. The highest BCUT2D eigenvalue weighted by molar-refractivity contribution is 9.09. The van der Waals surface area contributed by atoms with Crippen molar-refractivity contribution in [3.05, 3.63) is 0 Å². The second-order valence-electron chi connectivity index (χ2n) is 5.47. The predicted octanol–water partition coefficient (Wildman–Crippen LogP) is 3.90. The molecule has 0 aromatic carbocycles. The number of ether oxygens (including phenoxy) is 1. The first-order valence-electron chi connectivity index (χ1n) is 5.89. The minimum atomic E-state index is 0.145. The van der Waals surface area contributed by atoms with Gasteiger partial charge < -0.3 is 4.74 Å². The monoisotopic (exact) mass is 260 g/mol. The maximum absolute atomic E-state index is 5.98. The van der Waals surface area contributed by atoms with Gasteiger partial charge in [0.05, 0.1) is 11.7 Å². The van der Waals surface area contributed by atoms with Crippen molar-refractivity contribution in [2.75, 3.05) is 0 Å².